The summed E-state index contributed by atoms with van der Waals surface area (Å²) in [5.41, 5.74) is 3.69. The lowest BCUT2D eigenvalue weighted by Gasteiger charge is -2.18. The Morgan fingerprint density at radius 2 is 0.800 bits per heavy atom. The van der Waals surface area contributed by atoms with Crippen molar-refractivity contribution in [3.8, 4) is 0 Å². The zero-order valence-corrected chi connectivity index (χ0v) is 58.5. The molecule has 0 heterocycles. The van der Waals surface area contributed by atoms with Gasteiger partial charge in [0.05, 0.1) is 42.1 Å². The Balaban J connectivity index is -0.0000000644. The molecule has 8 N–H and O–H groups in total. The van der Waals surface area contributed by atoms with Gasteiger partial charge in [-0.15, -0.1) is 6.58 Å². The second-order valence-electron chi connectivity index (χ2n) is 19.5. The molecule has 480 valence electrons. The summed E-state index contributed by atoms with van der Waals surface area (Å²) in [5.74, 6) is 3.24. The Hall–Kier alpha value is -4.48. The second-order valence-corrected chi connectivity index (χ2v) is 19.5. The topological polar surface area (TPSA) is 233 Å². The SMILES string of the molecule is C=C(C)C.C=C(NC)C(C)=O.CC.CC/C(C)=C\NC.CC=C(NC)C(C)=O.CC=O.CCC.CCC(C)C(NC)C(C)=O.CCC(C)C(NC)C(C)=O.CNC(CC(C)C)C(C)=O.CNC(CC(C)C)C(C)=O.CNCC(C)=O. The van der Waals surface area contributed by atoms with Crippen LogP contribution in [0.15, 0.2) is 48.0 Å². The third kappa shape index (κ3) is 102. The van der Waals surface area contributed by atoms with E-state index in [0.29, 0.717) is 41.6 Å². The summed E-state index contributed by atoms with van der Waals surface area (Å²) >= 11 is 0. The van der Waals surface area contributed by atoms with Crippen molar-refractivity contribution in [3.63, 3.8) is 0 Å². The maximum Gasteiger partial charge on any atom is 0.175 e. The quantitative estimate of drug-likeness (QED) is 0.0255. The summed E-state index contributed by atoms with van der Waals surface area (Å²) in [5, 5.41) is 23.0. The van der Waals surface area contributed by atoms with Crippen LogP contribution in [-0.2, 0) is 38.4 Å². The van der Waals surface area contributed by atoms with Gasteiger partial charge in [0.2, 0.25) is 0 Å². The molecule has 0 aliphatic carbocycles. The Morgan fingerprint density at radius 3 is 0.838 bits per heavy atom. The van der Waals surface area contributed by atoms with Gasteiger partial charge in [-0.1, -0.05) is 133 Å². The number of aldehydes is 1. The van der Waals surface area contributed by atoms with Gasteiger partial charge < -0.3 is 47.3 Å². The van der Waals surface area contributed by atoms with Crippen LogP contribution < -0.4 is 42.5 Å². The average molecular weight is 1150 g/mol. The highest BCUT2D eigenvalue weighted by atomic mass is 16.2. The molecule has 0 aromatic rings. The summed E-state index contributed by atoms with van der Waals surface area (Å²) in [6, 6.07) is 0.204. The van der Waals surface area contributed by atoms with E-state index in [9.17, 15) is 33.6 Å². The number of hydrogen-bond donors (Lipinski definition) is 8. The minimum Gasteiger partial charge on any atom is -0.394 e. The van der Waals surface area contributed by atoms with Crippen molar-refractivity contribution >= 4 is 46.8 Å². The van der Waals surface area contributed by atoms with Gasteiger partial charge in [0.15, 0.2) is 11.6 Å². The molecule has 0 amide bonds. The Labute approximate surface area is 496 Å². The van der Waals surface area contributed by atoms with E-state index in [2.05, 4.69) is 139 Å². The number of hydrogen-bond acceptors (Lipinski definition) is 16. The van der Waals surface area contributed by atoms with Crippen molar-refractivity contribution in [2.45, 2.75) is 236 Å². The van der Waals surface area contributed by atoms with Gasteiger partial charge in [0, 0.05) is 35.0 Å². The smallest absolute Gasteiger partial charge is 0.175 e. The van der Waals surface area contributed by atoms with Crippen LogP contribution in [0, 0.1) is 23.7 Å². The Morgan fingerprint density at radius 1 is 0.500 bits per heavy atom. The van der Waals surface area contributed by atoms with Gasteiger partial charge in [-0.25, -0.2) is 0 Å². The zero-order valence-electron chi connectivity index (χ0n) is 58.5. The number of allylic oxidation sites excluding steroid dienone is 5. The predicted octanol–water partition coefficient (Wildman–Crippen LogP) is 11.4. The van der Waals surface area contributed by atoms with Gasteiger partial charge in [-0.3, -0.25) is 33.6 Å². The molecule has 16 heteroatoms. The molecular formula is C64H136N8O8. The first kappa shape index (κ1) is 104. The normalized spacial score (nSPS) is 11.7. The molecule has 0 aromatic heterocycles. The fourth-order valence-corrected chi connectivity index (χ4v) is 5.46. The van der Waals surface area contributed by atoms with Crippen molar-refractivity contribution in [2.24, 2.45) is 23.7 Å². The monoisotopic (exact) mass is 1150 g/mol. The van der Waals surface area contributed by atoms with E-state index in [-0.39, 0.29) is 64.7 Å². The fraction of sp³-hybridized carbons (Fsp3) is 0.750. The lowest BCUT2D eigenvalue weighted by molar-refractivity contribution is -0.120. The molecule has 0 aromatic carbocycles. The van der Waals surface area contributed by atoms with Crippen LogP contribution in [0.3, 0.4) is 0 Å². The molecule has 6 atom stereocenters. The Bertz CT molecular complexity index is 1480. The summed E-state index contributed by atoms with van der Waals surface area (Å²) in [7, 11) is 14.4. The highest BCUT2D eigenvalue weighted by molar-refractivity contribution is 5.92. The highest BCUT2D eigenvalue weighted by Gasteiger charge is 2.18. The molecule has 0 rings (SSSR count). The van der Waals surface area contributed by atoms with Gasteiger partial charge in [-0.05, 0) is 154 Å². The van der Waals surface area contributed by atoms with E-state index >= 15 is 0 Å². The van der Waals surface area contributed by atoms with Crippen LogP contribution in [0.1, 0.15) is 212 Å². The maximum atomic E-state index is 10.9. The van der Waals surface area contributed by atoms with Crippen LogP contribution >= 0.6 is 0 Å². The predicted molar refractivity (Wildman–Crippen MR) is 352 cm³/mol. The first-order valence-electron chi connectivity index (χ1n) is 28.9. The van der Waals surface area contributed by atoms with Gasteiger partial charge in [0.25, 0.3) is 0 Å². The average Bonchev–Trinajstić information content (AvgIpc) is 3.36. The van der Waals surface area contributed by atoms with Crippen LogP contribution in [0.5, 0.6) is 0 Å². The van der Waals surface area contributed by atoms with Crippen molar-refractivity contribution in [3.05, 3.63) is 48.0 Å². The van der Waals surface area contributed by atoms with Gasteiger partial charge in [-0.2, -0.15) is 0 Å². The number of ketones is 7. The van der Waals surface area contributed by atoms with E-state index in [0.717, 1.165) is 38.4 Å². The molecule has 6 unspecified atom stereocenters. The minimum atomic E-state index is -0.0116. The standard InChI is InChI=1S/4C8H17NO.C6H11NO.C6H13N.C5H9NO.C4H9NO.C4H8.C3H8.C2H4O.C2H6/c2*1-6(2)5-8(9-4)7(3)10;2*1-5-6(2)8(9-4)7(3)10;1-4-6(7-3)5(2)8;1-4-6(2)5-7-3;1-4(6-3)5(2)7;1-4(6)3-5-2;1-4(2)3;1-3-2;1-2-3;1-2/h4*6,8-9H,5H2,1-4H3;4,7H,1-3H3;5,7H,4H2,1-3H3;6H,1H2,2-3H3;5H,3H2,1-2H3;1H2,2-3H3;3H2,1-2H3;2H,1H3;1-2H3/b;;;;;6-5-;;;;;;. The van der Waals surface area contributed by atoms with Crippen molar-refractivity contribution in [1.29, 1.82) is 0 Å². The number of carbonyl (C=O) groups is 8. The van der Waals surface area contributed by atoms with E-state index in [1.165, 1.54) is 38.3 Å². The molecule has 0 aliphatic heterocycles. The molecule has 16 nitrogen and oxygen atoms in total. The maximum absolute atomic E-state index is 10.9. The first-order valence-corrected chi connectivity index (χ1v) is 28.9. The summed E-state index contributed by atoms with van der Waals surface area (Å²) < 4.78 is 0. The van der Waals surface area contributed by atoms with Crippen molar-refractivity contribution < 1.29 is 38.4 Å². The number of rotatable bonds is 24. The van der Waals surface area contributed by atoms with E-state index in [1.807, 2.05) is 76.1 Å². The van der Waals surface area contributed by atoms with Gasteiger partial charge in [0.1, 0.15) is 35.2 Å². The summed E-state index contributed by atoms with van der Waals surface area (Å²) in [4.78, 5) is 83.0. The lowest BCUT2D eigenvalue weighted by Crippen LogP contribution is -2.37. The lowest BCUT2D eigenvalue weighted by atomic mass is 9.96. The molecule has 0 bridgehead atoms. The highest BCUT2D eigenvalue weighted by Crippen LogP contribution is 2.09. The molecule has 0 radical (unpaired) electrons. The molecular weight excluding hydrogens is 1010 g/mol. The summed E-state index contributed by atoms with van der Waals surface area (Å²) in [6.45, 7) is 55.1. The van der Waals surface area contributed by atoms with E-state index < -0.39 is 0 Å². The van der Waals surface area contributed by atoms with Gasteiger partial charge >= 0.3 is 0 Å². The first-order chi connectivity index (χ1) is 36.9. The van der Waals surface area contributed by atoms with Crippen molar-refractivity contribution in [2.75, 3.05) is 62.9 Å². The van der Waals surface area contributed by atoms with Crippen molar-refractivity contribution in [1.82, 2.24) is 42.5 Å². The fourth-order valence-electron chi connectivity index (χ4n) is 5.46. The number of Topliss-reactive ketones (excluding diaryl/α,β-unsaturated/α-hetero) is 7. The number of carbonyl (C=O) groups excluding carboxylic acids is 8. The molecule has 80 heavy (non-hydrogen) atoms. The Kier molecular flexibility index (Phi) is 105. The third-order valence-corrected chi connectivity index (χ3v) is 10.1. The molecule has 0 fully saturated rings. The van der Waals surface area contributed by atoms with E-state index in [1.54, 1.807) is 61.8 Å². The second kappa shape index (κ2) is 81.0. The minimum absolute atomic E-state index is 0.0116. The zero-order chi connectivity index (χ0) is 66.7. The third-order valence-electron chi connectivity index (χ3n) is 10.1. The van der Waals surface area contributed by atoms with Crippen LogP contribution in [-0.4, -0.2) is 134 Å². The molecule has 0 spiro atoms. The van der Waals surface area contributed by atoms with E-state index in [4.69, 9.17) is 4.79 Å². The van der Waals surface area contributed by atoms with Crippen LogP contribution in [0.4, 0.5) is 0 Å². The number of nitrogens with one attached hydrogen (secondary N) is 8. The molecule has 0 saturated heterocycles. The molecule has 0 saturated carbocycles. The van der Waals surface area contributed by atoms with Crippen LogP contribution in [0.25, 0.3) is 0 Å². The largest absolute Gasteiger partial charge is 0.394 e. The molecule has 0 aliphatic rings. The van der Waals surface area contributed by atoms with Crippen LogP contribution in [0.2, 0.25) is 0 Å². The number of likely N-dealkylation sites (N-methyl/N-ethyl adjacent to an activating group) is 7. The summed E-state index contributed by atoms with van der Waals surface area (Å²) in [6.07, 6.45) is 10.9.